The van der Waals surface area contributed by atoms with Crippen LogP contribution in [0.15, 0.2) is 23.6 Å². The van der Waals surface area contributed by atoms with Gasteiger partial charge in [-0.2, -0.15) is 0 Å². The molecule has 14 heavy (non-hydrogen) atoms. The van der Waals surface area contributed by atoms with E-state index in [1.54, 1.807) is 17.4 Å². The summed E-state index contributed by atoms with van der Waals surface area (Å²) in [6, 6.07) is 5.86. The fraction of sp³-hybridized carbons (Fsp3) is 0.200. The van der Waals surface area contributed by atoms with Crippen LogP contribution < -0.4 is 0 Å². The molecule has 0 spiro atoms. The molecule has 0 saturated carbocycles. The van der Waals surface area contributed by atoms with Gasteiger partial charge in [0.05, 0.1) is 0 Å². The molecule has 0 aliphatic rings. The van der Waals surface area contributed by atoms with Crippen molar-refractivity contribution in [2.24, 2.45) is 0 Å². The molecular weight excluding hydrogens is 216 g/mol. The zero-order chi connectivity index (χ0) is 9.97. The molecule has 72 valence electrons. The van der Waals surface area contributed by atoms with Crippen molar-refractivity contribution in [3.05, 3.63) is 45.1 Å². The summed E-state index contributed by atoms with van der Waals surface area (Å²) >= 11 is 7.55. The molecule has 0 amide bonds. The molecule has 0 aromatic carbocycles. The maximum absolute atomic E-state index is 5.84. The first-order valence-electron chi connectivity index (χ1n) is 4.26. The fourth-order valence-corrected chi connectivity index (χ4v) is 2.19. The number of halogens is 1. The van der Waals surface area contributed by atoms with E-state index >= 15 is 0 Å². The summed E-state index contributed by atoms with van der Waals surface area (Å²) in [5.74, 6) is 0.789. The highest BCUT2D eigenvalue weighted by atomic mass is 35.5. The molecule has 2 aromatic heterocycles. The lowest BCUT2D eigenvalue weighted by Crippen LogP contribution is -1.97. The Balaban J connectivity index is 2.25. The molecule has 2 rings (SSSR count). The Morgan fingerprint density at radius 2 is 2.29 bits per heavy atom. The smallest absolute Gasteiger partial charge is 0.135 e. The van der Waals surface area contributed by atoms with Crippen molar-refractivity contribution in [1.82, 2.24) is 9.97 Å². The van der Waals surface area contributed by atoms with Gasteiger partial charge >= 0.3 is 0 Å². The normalized spacial score (nSPS) is 10.4. The van der Waals surface area contributed by atoms with E-state index in [1.807, 2.05) is 18.4 Å². The first-order chi connectivity index (χ1) is 6.74. The topological polar surface area (TPSA) is 25.8 Å². The van der Waals surface area contributed by atoms with Crippen LogP contribution in [-0.4, -0.2) is 9.97 Å². The van der Waals surface area contributed by atoms with Crippen molar-refractivity contribution in [3.8, 4) is 0 Å². The lowest BCUT2D eigenvalue weighted by Gasteiger charge is -1.99. The second kappa shape index (κ2) is 4.07. The largest absolute Gasteiger partial charge is 0.238 e. The first kappa shape index (κ1) is 9.62. The first-order valence-corrected chi connectivity index (χ1v) is 5.52. The maximum atomic E-state index is 5.84. The van der Waals surface area contributed by atoms with Crippen LogP contribution in [0.25, 0.3) is 0 Å². The molecule has 0 saturated heterocycles. The van der Waals surface area contributed by atoms with Crippen molar-refractivity contribution in [3.63, 3.8) is 0 Å². The fourth-order valence-electron chi connectivity index (χ4n) is 1.24. The van der Waals surface area contributed by atoms with E-state index in [-0.39, 0.29) is 0 Å². The predicted octanol–water partition coefficient (Wildman–Crippen LogP) is 3.09. The van der Waals surface area contributed by atoms with Gasteiger partial charge in [0.25, 0.3) is 0 Å². The summed E-state index contributed by atoms with van der Waals surface area (Å²) in [5, 5.41) is 2.57. The molecule has 0 fully saturated rings. The number of aromatic nitrogens is 2. The Bertz CT molecular complexity index is 405. The van der Waals surface area contributed by atoms with Crippen LogP contribution in [0.1, 0.15) is 16.4 Å². The highest BCUT2D eigenvalue weighted by molar-refractivity contribution is 7.09. The van der Waals surface area contributed by atoms with Gasteiger partial charge in [-0.05, 0) is 24.4 Å². The van der Waals surface area contributed by atoms with Gasteiger partial charge in [0.2, 0.25) is 0 Å². The van der Waals surface area contributed by atoms with Crippen LogP contribution >= 0.6 is 22.9 Å². The minimum absolute atomic E-state index is 0.518. The highest BCUT2D eigenvalue weighted by Crippen LogP contribution is 2.14. The summed E-state index contributed by atoms with van der Waals surface area (Å²) in [7, 11) is 0. The Labute approximate surface area is 91.6 Å². The van der Waals surface area contributed by atoms with E-state index in [0.717, 1.165) is 17.9 Å². The van der Waals surface area contributed by atoms with Crippen molar-refractivity contribution >= 4 is 22.9 Å². The molecular formula is C10H9ClN2S. The molecule has 0 atom stereocenters. The van der Waals surface area contributed by atoms with Crippen LogP contribution in [0.5, 0.6) is 0 Å². The van der Waals surface area contributed by atoms with Gasteiger partial charge in [-0.1, -0.05) is 17.7 Å². The Morgan fingerprint density at radius 3 is 2.93 bits per heavy atom. The third-order valence-electron chi connectivity index (χ3n) is 1.78. The molecule has 2 heterocycles. The van der Waals surface area contributed by atoms with Crippen molar-refractivity contribution in [1.29, 1.82) is 0 Å². The van der Waals surface area contributed by atoms with Gasteiger partial charge in [-0.3, -0.25) is 0 Å². The van der Waals surface area contributed by atoms with Crippen LogP contribution in [0.2, 0.25) is 5.15 Å². The number of rotatable bonds is 2. The van der Waals surface area contributed by atoms with Gasteiger partial charge in [-0.15, -0.1) is 11.3 Å². The zero-order valence-corrected chi connectivity index (χ0v) is 9.27. The van der Waals surface area contributed by atoms with Gasteiger partial charge in [0, 0.05) is 17.0 Å². The summed E-state index contributed by atoms with van der Waals surface area (Å²) in [6.45, 7) is 1.92. The third-order valence-corrected chi connectivity index (χ3v) is 2.85. The SMILES string of the molecule is Cc1cc(Cl)nc(Cc2cccs2)n1. The van der Waals surface area contributed by atoms with Crippen LogP contribution in [-0.2, 0) is 6.42 Å². The molecule has 4 heteroatoms. The highest BCUT2D eigenvalue weighted by Gasteiger charge is 2.02. The number of thiophene rings is 1. The summed E-state index contributed by atoms with van der Waals surface area (Å²) in [5.41, 5.74) is 0.913. The summed E-state index contributed by atoms with van der Waals surface area (Å²) in [6.07, 6.45) is 0.763. The second-order valence-electron chi connectivity index (χ2n) is 3.00. The standard InChI is InChI=1S/C10H9ClN2S/c1-7-5-9(11)13-10(12-7)6-8-3-2-4-14-8/h2-5H,6H2,1H3. The van der Waals surface area contributed by atoms with E-state index in [1.165, 1.54) is 4.88 Å². The lowest BCUT2D eigenvalue weighted by molar-refractivity contribution is 0.953. The minimum atomic E-state index is 0.518. The monoisotopic (exact) mass is 224 g/mol. The third kappa shape index (κ3) is 2.30. The van der Waals surface area contributed by atoms with Gasteiger partial charge < -0.3 is 0 Å². The van der Waals surface area contributed by atoms with Crippen LogP contribution in [0.3, 0.4) is 0 Å². The van der Waals surface area contributed by atoms with Gasteiger partial charge in [0.1, 0.15) is 11.0 Å². The molecule has 0 aliphatic carbocycles. The van der Waals surface area contributed by atoms with Gasteiger partial charge in [0.15, 0.2) is 0 Å². The molecule has 0 aliphatic heterocycles. The quantitative estimate of drug-likeness (QED) is 0.733. The number of hydrogen-bond acceptors (Lipinski definition) is 3. The van der Waals surface area contributed by atoms with E-state index in [0.29, 0.717) is 5.15 Å². The Kier molecular flexibility index (Phi) is 2.79. The predicted molar refractivity (Wildman–Crippen MR) is 58.9 cm³/mol. The van der Waals surface area contributed by atoms with Crippen molar-refractivity contribution < 1.29 is 0 Å². The Morgan fingerprint density at radius 1 is 1.43 bits per heavy atom. The molecule has 0 N–H and O–H groups in total. The van der Waals surface area contributed by atoms with Crippen molar-refractivity contribution in [2.45, 2.75) is 13.3 Å². The van der Waals surface area contributed by atoms with Gasteiger partial charge in [-0.25, -0.2) is 9.97 Å². The summed E-state index contributed by atoms with van der Waals surface area (Å²) in [4.78, 5) is 9.75. The summed E-state index contributed by atoms with van der Waals surface area (Å²) < 4.78 is 0. The van der Waals surface area contributed by atoms with Crippen LogP contribution in [0, 0.1) is 6.92 Å². The molecule has 2 aromatic rings. The molecule has 0 bridgehead atoms. The number of aryl methyl sites for hydroxylation is 1. The van der Waals surface area contributed by atoms with Crippen LogP contribution in [0.4, 0.5) is 0 Å². The van der Waals surface area contributed by atoms with E-state index < -0.39 is 0 Å². The average Bonchev–Trinajstić information content (AvgIpc) is 2.54. The maximum Gasteiger partial charge on any atom is 0.135 e. The zero-order valence-electron chi connectivity index (χ0n) is 7.70. The van der Waals surface area contributed by atoms with E-state index in [2.05, 4.69) is 16.0 Å². The molecule has 0 radical (unpaired) electrons. The number of nitrogens with zero attached hydrogens (tertiary/aromatic N) is 2. The average molecular weight is 225 g/mol. The van der Waals surface area contributed by atoms with Crippen molar-refractivity contribution in [2.75, 3.05) is 0 Å². The molecule has 2 nitrogen and oxygen atoms in total. The molecule has 0 unspecified atom stereocenters. The minimum Gasteiger partial charge on any atom is -0.238 e. The van der Waals surface area contributed by atoms with E-state index in [9.17, 15) is 0 Å². The lowest BCUT2D eigenvalue weighted by atomic mass is 10.3. The van der Waals surface area contributed by atoms with E-state index in [4.69, 9.17) is 11.6 Å². The number of hydrogen-bond donors (Lipinski definition) is 0. The Hall–Kier alpha value is -0.930. The second-order valence-corrected chi connectivity index (χ2v) is 4.42.